The summed E-state index contributed by atoms with van der Waals surface area (Å²) in [4.78, 5) is 2.00. The average molecular weight is 374 g/mol. The number of methoxy groups -OCH3 is 2. The first-order chi connectivity index (χ1) is 12.4. The van der Waals surface area contributed by atoms with Crippen LogP contribution in [0.4, 0.5) is 5.69 Å². The molecule has 2 rings (SSSR count). The Morgan fingerprint density at radius 1 is 1.04 bits per heavy atom. The summed E-state index contributed by atoms with van der Waals surface area (Å²) in [5, 5.41) is 0. The molecule has 2 aromatic carbocycles. The second-order valence-electron chi connectivity index (χ2n) is 5.58. The first-order valence-electron chi connectivity index (χ1n) is 7.85. The minimum Gasteiger partial charge on any atom is -0.497 e. The molecule has 0 heterocycles. The lowest BCUT2D eigenvalue weighted by Crippen LogP contribution is -2.24. The van der Waals surface area contributed by atoms with Crippen LogP contribution in [0.1, 0.15) is 5.56 Å². The minimum atomic E-state index is -3.77. The lowest BCUT2D eigenvalue weighted by atomic mass is 10.2. The molecule has 0 aliphatic rings. The van der Waals surface area contributed by atoms with E-state index in [1.165, 1.54) is 20.3 Å². The van der Waals surface area contributed by atoms with Crippen molar-refractivity contribution in [2.75, 3.05) is 39.8 Å². The molecule has 0 atom stereocenters. The van der Waals surface area contributed by atoms with E-state index in [0.29, 0.717) is 5.75 Å². The molecule has 0 fully saturated rings. The number of hydrogen-bond acceptors (Lipinski definition) is 5. The van der Waals surface area contributed by atoms with Gasteiger partial charge in [-0.2, -0.15) is 4.72 Å². The van der Waals surface area contributed by atoms with Gasteiger partial charge in [-0.3, -0.25) is 0 Å². The zero-order valence-corrected chi connectivity index (χ0v) is 16.1. The Bertz CT molecular complexity index is 911. The minimum absolute atomic E-state index is 0.0106. The van der Waals surface area contributed by atoms with E-state index in [1.807, 2.05) is 43.3 Å². The summed E-state index contributed by atoms with van der Waals surface area (Å²) in [5.74, 6) is 6.42. The molecule has 6 nitrogen and oxygen atoms in total. The van der Waals surface area contributed by atoms with Crippen LogP contribution in [0, 0.1) is 11.8 Å². The van der Waals surface area contributed by atoms with Crippen LogP contribution in [0.3, 0.4) is 0 Å². The first-order valence-corrected chi connectivity index (χ1v) is 9.33. The van der Waals surface area contributed by atoms with E-state index < -0.39 is 10.0 Å². The highest BCUT2D eigenvalue weighted by atomic mass is 32.2. The molecule has 0 amide bonds. The van der Waals surface area contributed by atoms with Crippen LogP contribution in [0.25, 0.3) is 0 Å². The lowest BCUT2D eigenvalue weighted by molar-refractivity contribution is 0.392. The van der Waals surface area contributed by atoms with Crippen molar-refractivity contribution in [1.29, 1.82) is 0 Å². The van der Waals surface area contributed by atoms with Crippen LogP contribution in [0.2, 0.25) is 0 Å². The summed E-state index contributed by atoms with van der Waals surface area (Å²) >= 11 is 0. The summed E-state index contributed by atoms with van der Waals surface area (Å²) in [6.07, 6.45) is 0. The van der Waals surface area contributed by atoms with Crippen LogP contribution in [0.15, 0.2) is 47.4 Å². The van der Waals surface area contributed by atoms with Crippen molar-refractivity contribution in [3.63, 3.8) is 0 Å². The molecule has 0 radical (unpaired) electrons. The summed E-state index contributed by atoms with van der Waals surface area (Å²) in [6.45, 7) is -0.0157. The standard InChI is InChI=1S/C19H22N2O4S/c1-21(2)16-9-7-15(8-10-16)6-5-13-20-26(22,23)19-14-17(24-3)11-12-18(19)25-4/h7-12,14,20H,13H2,1-4H3. The molecule has 0 unspecified atom stereocenters. The maximum absolute atomic E-state index is 12.5. The van der Waals surface area contributed by atoms with Crippen molar-refractivity contribution in [2.24, 2.45) is 0 Å². The number of sulfonamides is 1. The van der Waals surface area contributed by atoms with Gasteiger partial charge in [0.15, 0.2) is 0 Å². The second kappa shape index (κ2) is 8.61. The highest BCUT2D eigenvalue weighted by molar-refractivity contribution is 7.89. The third-order valence-corrected chi connectivity index (χ3v) is 5.05. The van der Waals surface area contributed by atoms with Gasteiger partial charge in [-0.05, 0) is 36.4 Å². The van der Waals surface area contributed by atoms with Gasteiger partial charge >= 0.3 is 0 Å². The molecule has 1 N–H and O–H groups in total. The second-order valence-corrected chi connectivity index (χ2v) is 7.32. The normalized spacial score (nSPS) is 10.6. The van der Waals surface area contributed by atoms with Crippen LogP contribution in [-0.4, -0.2) is 43.3 Å². The summed E-state index contributed by atoms with van der Waals surface area (Å²) in [5.41, 5.74) is 1.88. The smallest absolute Gasteiger partial charge is 0.245 e. The lowest BCUT2D eigenvalue weighted by Gasteiger charge is -2.11. The molecule has 138 valence electrons. The Kier molecular flexibility index (Phi) is 6.50. The van der Waals surface area contributed by atoms with Gasteiger partial charge in [-0.15, -0.1) is 0 Å². The van der Waals surface area contributed by atoms with E-state index in [1.54, 1.807) is 12.1 Å². The van der Waals surface area contributed by atoms with Gasteiger partial charge in [0.1, 0.15) is 16.4 Å². The summed E-state index contributed by atoms with van der Waals surface area (Å²) < 4.78 is 37.6. The summed E-state index contributed by atoms with van der Waals surface area (Å²) in [7, 11) is 3.03. The highest BCUT2D eigenvalue weighted by Crippen LogP contribution is 2.27. The van der Waals surface area contributed by atoms with Gasteiger partial charge < -0.3 is 14.4 Å². The topological polar surface area (TPSA) is 67.9 Å². The van der Waals surface area contributed by atoms with Gasteiger partial charge in [-0.1, -0.05) is 11.8 Å². The fourth-order valence-electron chi connectivity index (χ4n) is 2.19. The number of hydrogen-bond donors (Lipinski definition) is 1. The molecule has 0 spiro atoms. The molecule has 0 bridgehead atoms. The van der Waals surface area contributed by atoms with Crippen LogP contribution < -0.4 is 19.1 Å². The van der Waals surface area contributed by atoms with Crippen molar-refractivity contribution in [1.82, 2.24) is 4.72 Å². The Labute approximate surface area is 154 Å². The fraction of sp³-hybridized carbons (Fsp3) is 0.263. The molecule has 0 saturated carbocycles. The predicted octanol–water partition coefficient (Wildman–Crippen LogP) is 2.10. The zero-order chi connectivity index (χ0) is 19.2. The zero-order valence-electron chi connectivity index (χ0n) is 15.2. The van der Waals surface area contributed by atoms with Crippen LogP contribution in [0.5, 0.6) is 11.5 Å². The largest absolute Gasteiger partial charge is 0.497 e. The van der Waals surface area contributed by atoms with Gasteiger partial charge in [0.2, 0.25) is 10.0 Å². The van der Waals surface area contributed by atoms with E-state index in [-0.39, 0.29) is 17.2 Å². The Morgan fingerprint density at radius 3 is 2.31 bits per heavy atom. The SMILES string of the molecule is COc1ccc(OC)c(S(=O)(=O)NCC#Cc2ccc(N(C)C)cc2)c1. The molecule has 0 saturated heterocycles. The van der Waals surface area contributed by atoms with E-state index >= 15 is 0 Å². The van der Waals surface area contributed by atoms with Gasteiger partial charge in [0.25, 0.3) is 0 Å². The third-order valence-electron chi connectivity index (χ3n) is 3.63. The molecule has 0 aliphatic heterocycles. The van der Waals surface area contributed by atoms with Crippen molar-refractivity contribution in [3.05, 3.63) is 48.0 Å². The molecule has 0 aliphatic carbocycles. The molecule has 7 heteroatoms. The Morgan fingerprint density at radius 2 is 1.73 bits per heavy atom. The van der Waals surface area contributed by atoms with E-state index in [2.05, 4.69) is 16.6 Å². The maximum atomic E-state index is 12.5. The van der Waals surface area contributed by atoms with E-state index in [0.717, 1.165) is 11.3 Å². The highest BCUT2D eigenvalue weighted by Gasteiger charge is 2.19. The first kappa shape index (κ1) is 19.6. The molecule has 2 aromatic rings. The Hall–Kier alpha value is -2.69. The maximum Gasteiger partial charge on any atom is 0.245 e. The average Bonchev–Trinajstić information content (AvgIpc) is 2.65. The number of nitrogens with zero attached hydrogens (tertiary/aromatic N) is 1. The molecular formula is C19H22N2O4S. The molecular weight excluding hydrogens is 352 g/mol. The monoisotopic (exact) mass is 374 g/mol. The number of anilines is 1. The third kappa shape index (κ3) is 4.91. The number of benzene rings is 2. The fourth-order valence-corrected chi connectivity index (χ4v) is 3.30. The van der Waals surface area contributed by atoms with Crippen molar-refractivity contribution < 1.29 is 17.9 Å². The van der Waals surface area contributed by atoms with Crippen LogP contribution in [-0.2, 0) is 10.0 Å². The quantitative estimate of drug-likeness (QED) is 0.785. The Balaban J connectivity index is 2.10. The van der Waals surface area contributed by atoms with Crippen molar-refractivity contribution in [2.45, 2.75) is 4.90 Å². The summed E-state index contributed by atoms with van der Waals surface area (Å²) in [6, 6.07) is 12.3. The van der Waals surface area contributed by atoms with Crippen molar-refractivity contribution >= 4 is 15.7 Å². The van der Waals surface area contributed by atoms with Gasteiger partial charge in [-0.25, -0.2) is 8.42 Å². The van der Waals surface area contributed by atoms with Crippen LogP contribution >= 0.6 is 0 Å². The predicted molar refractivity (Wildman–Crippen MR) is 102 cm³/mol. The number of rotatable bonds is 6. The van der Waals surface area contributed by atoms with E-state index in [9.17, 15) is 8.42 Å². The van der Waals surface area contributed by atoms with E-state index in [4.69, 9.17) is 9.47 Å². The number of nitrogens with one attached hydrogen (secondary N) is 1. The van der Waals surface area contributed by atoms with Crippen molar-refractivity contribution in [3.8, 4) is 23.3 Å². The molecule has 26 heavy (non-hydrogen) atoms. The number of ether oxygens (including phenoxy) is 2. The van der Waals surface area contributed by atoms with Gasteiger partial charge in [0.05, 0.1) is 20.8 Å². The molecule has 0 aromatic heterocycles. The van der Waals surface area contributed by atoms with Gasteiger partial charge in [0, 0.05) is 31.4 Å².